The third-order valence-electron chi connectivity index (χ3n) is 3.34. The molecule has 0 aliphatic rings. The van der Waals surface area contributed by atoms with Gasteiger partial charge in [-0.05, 0) is 24.4 Å². The summed E-state index contributed by atoms with van der Waals surface area (Å²) in [7, 11) is 2.07. The molecule has 1 aromatic carbocycles. The molecule has 1 nitrogen and oxygen atoms in total. The Morgan fingerprint density at radius 3 is 1.81 bits per heavy atom. The van der Waals surface area contributed by atoms with Gasteiger partial charge in [0.05, 0.1) is 0 Å². The van der Waals surface area contributed by atoms with E-state index < -0.39 is 0 Å². The summed E-state index contributed by atoms with van der Waals surface area (Å²) in [6.07, 6.45) is 0. The average Bonchev–Trinajstić information content (AvgIpc) is 2.25. The number of benzene rings is 1. The lowest BCUT2D eigenvalue weighted by molar-refractivity contribution is 0.307. The molecular weight excluding hydrogens is 194 g/mol. The standard InChI is InChI=1S/C15H25N/c1-11(2)14(15(16-5)12(3)4)13-9-7-6-8-10-13/h6-12,14-16H,1-5H3. The van der Waals surface area contributed by atoms with Gasteiger partial charge in [0, 0.05) is 12.0 Å². The van der Waals surface area contributed by atoms with Crippen LogP contribution in [0.1, 0.15) is 39.2 Å². The lowest BCUT2D eigenvalue weighted by Crippen LogP contribution is -2.39. The molecule has 1 heteroatoms. The zero-order chi connectivity index (χ0) is 12.1. The number of likely N-dealkylation sites (N-methyl/N-ethyl adjacent to an activating group) is 1. The summed E-state index contributed by atoms with van der Waals surface area (Å²) in [5, 5.41) is 3.48. The summed E-state index contributed by atoms with van der Waals surface area (Å²) >= 11 is 0. The Hall–Kier alpha value is -0.820. The summed E-state index contributed by atoms with van der Waals surface area (Å²) < 4.78 is 0. The second kappa shape index (κ2) is 6.05. The highest BCUT2D eigenvalue weighted by Gasteiger charge is 2.26. The zero-order valence-corrected chi connectivity index (χ0v) is 11.2. The summed E-state index contributed by atoms with van der Waals surface area (Å²) in [4.78, 5) is 0. The van der Waals surface area contributed by atoms with Gasteiger partial charge in [-0.15, -0.1) is 0 Å². The second-order valence-corrected chi connectivity index (χ2v) is 5.24. The molecule has 1 rings (SSSR count). The molecule has 0 bridgehead atoms. The molecule has 0 saturated carbocycles. The van der Waals surface area contributed by atoms with Crippen LogP contribution in [0.5, 0.6) is 0 Å². The second-order valence-electron chi connectivity index (χ2n) is 5.24. The van der Waals surface area contributed by atoms with E-state index in [1.807, 2.05) is 0 Å². The smallest absolute Gasteiger partial charge is 0.0158 e. The van der Waals surface area contributed by atoms with Crippen LogP contribution in [0.15, 0.2) is 30.3 Å². The van der Waals surface area contributed by atoms with Crippen molar-refractivity contribution in [3.63, 3.8) is 0 Å². The molecule has 0 saturated heterocycles. The van der Waals surface area contributed by atoms with Crippen molar-refractivity contribution in [2.75, 3.05) is 7.05 Å². The highest BCUT2D eigenvalue weighted by Crippen LogP contribution is 2.31. The van der Waals surface area contributed by atoms with E-state index in [0.717, 1.165) is 0 Å². The number of nitrogens with one attached hydrogen (secondary N) is 1. The summed E-state index contributed by atoms with van der Waals surface area (Å²) in [5.74, 6) is 1.89. The van der Waals surface area contributed by atoms with Gasteiger partial charge in [-0.2, -0.15) is 0 Å². The molecule has 0 aliphatic carbocycles. The first kappa shape index (κ1) is 13.2. The molecule has 16 heavy (non-hydrogen) atoms. The van der Waals surface area contributed by atoms with Crippen molar-refractivity contribution in [3.05, 3.63) is 35.9 Å². The van der Waals surface area contributed by atoms with Crippen molar-refractivity contribution in [2.45, 2.75) is 39.7 Å². The monoisotopic (exact) mass is 219 g/mol. The molecule has 0 radical (unpaired) electrons. The number of hydrogen-bond acceptors (Lipinski definition) is 1. The molecular formula is C15H25N. The van der Waals surface area contributed by atoms with Crippen LogP contribution in [-0.2, 0) is 0 Å². The van der Waals surface area contributed by atoms with E-state index in [1.165, 1.54) is 5.56 Å². The minimum absolute atomic E-state index is 0.544. The normalized spacial score (nSPS) is 15.4. The molecule has 0 spiro atoms. The fourth-order valence-corrected chi connectivity index (χ4v) is 2.61. The lowest BCUT2D eigenvalue weighted by atomic mass is 9.78. The first-order valence-electron chi connectivity index (χ1n) is 6.30. The van der Waals surface area contributed by atoms with Gasteiger partial charge in [0.25, 0.3) is 0 Å². The quantitative estimate of drug-likeness (QED) is 0.796. The molecule has 2 unspecified atom stereocenters. The van der Waals surface area contributed by atoms with Gasteiger partial charge >= 0.3 is 0 Å². The molecule has 0 heterocycles. The Morgan fingerprint density at radius 2 is 1.44 bits per heavy atom. The molecule has 90 valence electrons. The van der Waals surface area contributed by atoms with Crippen LogP contribution < -0.4 is 5.32 Å². The predicted molar refractivity (Wildman–Crippen MR) is 71.7 cm³/mol. The third kappa shape index (κ3) is 3.08. The first-order valence-corrected chi connectivity index (χ1v) is 6.30. The van der Waals surface area contributed by atoms with Gasteiger partial charge < -0.3 is 5.32 Å². The van der Waals surface area contributed by atoms with Gasteiger partial charge in [-0.25, -0.2) is 0 Å². The Bertz CT molecular complexity index is 290. The van der Waals surface area contributed by atoms with Crippen LogP contribution in [0.2, 0.25) is 0 Å². The highest BCUT2D eigenvalue weighted by molar-refractivity contribution is 5.22. The Balaban J connectivity index is 2.99. The van der Waals surface area contributed by atoms with Crippen molar-refractivity contribution < 1.29 is 0 Å². The van der Waals surface area contributed by atoms with Crippen LogP contribution in [0.3, 0.4) is 0 Å². The van der Waals surface area contributed by atoms with Crippen molar-refractivity contribution in [2.24, 2.45) is 11.8 Å². The molecule has 1 N–H and O–H groups in total. The summed E-state index contributed by atoms with van der Waals surface area (Å²) in [6, 6.07) is 11.4. The summed E-state index contributed by atoms with van der Waals surface area (Å²) in [6.45, 7) is 9.20. The van der Waals surface area contributed by atoms with Crippen LogP contribution >= 0.6 is 0 Å². The van der Waals surface area contributed by atoms with Crippen LogP contribution in [0, 0.1) is 11.8 Å². The Morgan fingerprint density at radius 1 is 0.875 bits per heavy atom. The van der Waals surface area contributed by atoms with Crippen molar-refractivity contribution in [1.82, 2.24) is 5.32 Å². The van der Waals surface area contributed by atoms with E-state index in [2.05, 4.69) is 70.4 Å². The average molecular weight is 219 g/mol. The zero-order valence-electron chi connectivity index (χ0n) is 11.2. The van der Waals surface area contributed by atoms with Gasteiger partial charge in [0.2, 0.25) is 0 Å². The lowest BCUT2D eigenvalue weighted by Gasteiger charge is -2.33. The van der Waals surface area contributed by atoms with E-state index in [4.69, 9.17) is 0 Å². The maximum absolute atomic E-state index is 3.48. The minimum Gasteiger partial charge on any atom is -0.316 e. The van der Waals surface area contributed by atoms with Crippen LogP contribution in [-0.4, -0.2) is 13.1 Å². The number of rotatable bonds is 5. The van der Waals surface area contributed by atoms with E-state index in [0.29, 0.717) is 23.8 Å². The van der Waals surface area contributed by atoms with Gasteiger partial charge in [0.15, 0.2) is 0 Å². The van der Waals surface area contributed by atoms with Crippen LogP contribution in [0.25, 0.3) is 0 Å². The van der Waals surface area contributed by atoms with E-state index in [-0.39, 0.29) is 0 Å². The van der Waals surface area contributed by atoms with Crippen molar-refractivity contribution >= 4 is 0 Å². The molecule has 0 aromatic heterocycles. The van der Waals surface area contributed by atoms with Crippen molar-refractivity contribution in [1.29, 1.82) is 0 Å². The van der Waals surface area contributed by atoms with E-state index >= 15 is 0 Å². The fraction of sp³-hybridized carbons (Fsp3) is 0.600. The maximum atomic E-state index is 3.48. The predicted octanol–water partition coefficient (Wildman–Crippen LogP) is 3.67. The number of hydrogen-bond donors (Lipinski definition) is 1. The molecule has 0 fully saturated rings. The van der Waals surface area contributed by atoms with Gasteiger partial charge in [-0.1, -0.05) is 58.0 Å². The first-order chi connectivity index (χ1) is 7.57. The Kier molecular flexibility index (Phi) is 5.01. The SMILES string of the molecule is CNC(C(C)C)C(c1ccccc1)C(C)C. The minimum atomic E-state index is 0.544. The Labute approximate surface area is 100 Å². The van der Waals surface area contributed by atoms with E-state index in [9.17, 15) is 0 Å². The molecule has 2 atom stereocenters. The molecule has 1 aromatic rings. The van der Waals surface area contributed by atoms with Gasteiger partial charge in [-0.3, -0.25) is 0 Å². The van der Waals surface area contributed by atoms with Crippen molar-refractivity contribution in [3.8, 4) is 0 Å². The third-order valence-corrected chi connectivity index (χ3v) is 3.34. The fourth-order valence-electron chi connectivity index (χ4n) is 2.61. The topological polar surface area (TPSA) is 12.0 Å². The largest absolute Gasteiger partial charge is 0.316 e. The molecule has 0 aliphatic heterocycles. The molecule has 0 amide bonds. The van der Waals surface area contributed by atoms with E-state index in [1.54, 1.807) is 0 Å². The highest BCUT2D eigenvalue weighted by atomic mass is 14.9. The van der Waals surface area contributed by atoms with Crippen LogP contribution in [0.4, 0.5) is 0 Å². The maximum Gasteiger partial charge on any atom is 0.0158 e. The summed E-state index contributed by atoms with van der Waals surface area (Å²) in [5.41, 5.74) is 1.45. The van der Waals surface area contributed by atoms with Gasteiger partial charge in [0.1, 0.15) is 0 Å².